The van der Waals surface area contributed by atoms with Crippen molar-refractivity contribution in [3.63, 3.8) is 0 Å². The predicted octanol–water partition coefficient (Wildman–Crippen LogP) is 6.31. The number of nitrogens with zero attached hydrogens (tertiary/aromatic N) is 8. The summed E-state index contributed by atoms with van der Waals surface area (Å²) in [6.45, 7) is 6.31. The molecule has 0 bridgehead atoms. The third-order valence-electron chi connectivity index (χ3n) is 12.6. The first-order valence-electron chi connectivity index (χ1n) is 21.3. The zero-order valence-corrected chi connectivity index (χ0v) is 36.1. The molecule has 5 aromatic rings. The second-order valence-corrected chi connectivity index (χ2v) is 21.1. The number of amides is 3. The fourth-order valence-corrected chi connectivity index (χ4v) is 12.3. The van der Waals surface area contributed by atoms with Crippen molar-refractivity contribution in [2.24, 2.45) is 16.1 Å². The van der Waals surface area contributed by atoms with Gasteiger partial charge in [-0.05, 0) is 66.5 Å². The molecule has 4 aliphatic rings. The molecule has 3 amide bonds. The van der Waals surface area contributed by atoms with Crippen LogP contribution >= 0.6 is 0 Å². The highest BCUT2D eigenvalue weighted by atomic mass is 28.4. The Labute approximate surface area is 361 Å². The van der Waals surface area contributed by atoms with Gasteiger partial charge in [-0.15, -0.1) is 5.10 Å². The molecule has 1 fully saturated rings. The lowest BCUT2D eigenvalue weighted by atomic mass is 9.82. The molecule has 0 aliphatic carbocycles. The third kappa shape index (κ3) is 7.59. The fourth-order valence-electron chi connectivity index (χ4n) is 9.71. The van der Waals surface area contributed by atoms with E-state index in [1.54, 1.807) is 15.8 Å². The van der Waals surface area contributed by atoms with E-state index in [1.807, 2.05) is 123 Å². The van der Waals surface area contributed by atoms with E-state index >= 15 is 4.79 Å². The molecule has 0 saturated carbocycles. The van der Waals surface area contributed by atoms with E-state index in [1.165, 1.54) is 10.0 Å². The number of fused-ring (bicyclic) bond motifs is 2. The topological polar surface area (TPSA) is 166 Å². The van der Waals surface area contributed by atoms with Crippen LogP contribution in [0.25, 0.3) is 0 Å². The molecule has 2 N–H and O–H groups in total. The summed E-state index contributed by atoms with van der Waals surface area (Å²) in [4.78, 5) is 56.1. The predicted molar refractivity (Wildman–Crippen MR) is 238 cm³/mol. The minimum atomic E-state index is -3.01. The molecule has 318 valence electrons. The number of aromatic nitrogens is 3. The number of rotatable bonds is 12. The number of carbonyl (C=O) groups is 3. The van der Waals surface area contributed by atoms with Crippen LogP contribution in [0.2, 0.25) is 18.6 Å². The first-order chi connectivity index (χ1) is 29.9. The van der Waals surface area contributed by atoms with Gasteiger partial charge < -0.3 is 19.5 Å². The van der Waals surface area contributed by atoms with Gasteiger partial charge in [0, 0.05) is 68.5 Å². The SMILES string of the molecule is C[C@H]1[C@H]([Si](C)(C)O)[C@@H](CCn2cc(CCO)nn2)O[C@]12C(=O)N(Cc1cccc(N3N=C(c4ccccc4)CCC3=O)c1)c1ccc(N3N=C(c4ccccc4)CCC3=O)cc12. The van der Waals surface area contributed by atoms with Crippen LogP contribution in [0.1, 0.15) is 67.0 Å². The van der Waals surface area contributed by atoms with Crippen LogP contribution in [0.3, 0.4) is 0 Å². The van der Waals surface area contributed by atoms with Gasteiger partial charge in [-0.2, -0.15) is 10.2 Å². The van der Waals surface area contributed by atoms with Crippen LogP contribution in [0, 0.1) is 5.92 Å². The normalized spacial score (nSPS) is 22.7. The molecule has 4 aromatic carbocycles. The molecule has 4 aliphatic heterocycles. The van der Waals surface area contributed by atoms with Crippen molar-refractivity contribution >= 4 is 54.5 Å². The summed E-state index contributed by atoms with van der Waals surface area (Å²) in [5.74, 6) is -1.00. The molecule has 0 unspecified atom stereocenters. The van der Waals surface area contributed by atoms with Gasteiger partial charge in [0.15, 0.2) is 13.9 Å². The second-order valence-electron chi connectivity index (χ2n) is 17.1. The van der Waals surface area contributed by atoms with E-state index in [4.69, 9.17) is 14.9 Å². The van der Waals surface area contributed by atoms with Gasteiger partial charge in [-0.25, -0.2) is 10.0 Å². The maximum absolute atomic E-state index is 15.5. The average molecular weight is 851 g/mol. The molecule has 1 aromatic heterocycles. The first-order valence-corrected chi connectivity index (χ1v) is 24.3. The van der Waals surface area contributed by atoms with Crippen molar-refractivity contribution in [2.45, 2.75) is 88.9 Å². The number of aliphatic hydroxyl groups is 1. The number of ether oxygens (including phenoxy) is 1. The minimum absolute atomic E-state index is 0.0391. The van der Waals surface area contributed by atoms with Gasteiger partial charge in [0.2, 0.25) is 11.8 Å². The summed E-state index contributed by atoms with van der Waals surface area (Å²) in [6.07, 6.45) is 3.76. The van der Waals surface area contributed by atoms with Crippen molar-refractivity contribution < 1.29 is 29.0 Å². The van der Waals surface area contributed by atoms with Crippen molar-refractivity contribution in [1.82, 2.24) is 15.0 Å². The van der Waals surface area contributed by atoms with Gasteiger partial charge in [0.05, 0.1) is 46.8 Å². The molecular weight excluding hydrogens is 801 g/mol. The number of aliphatic hydroxyl groups excluding tert-OH is 1. The highest BCUT2D eigenvalue weighted by Gasteiger charge is 2.66. The first kappa shape index (κ1) is 41.2. The van der Waals surface area contributed by atoms with Gasteiger partial charge in [-0.1, -0.05) is 84.9 Å². The van der Waals surface area contributed by atoms with E-state index < -0.39 is 25.9 Å². The van der Waals surface area contributed by atoms with Gasteiger partial charge in [0.25, 0.3) is 5.91 Å². The van der Waals surface area contributed by atoms with Crippen LogP contribution in [0.15, 0.2) is 120 Å². The highest BCUT2D eigenvalue weighted by Crippen LogP contribution is 2.60. The molecule has 15 heteroatoms. The summed E-state index contributed by atoms with van der Waals surface area (Å²) in [7, 11) is -3.01. The smallest absolute Gasteiger partial charge is 0.264 e. The van der Waals surface area contributed by atoms with Gasteiger partial charge in [-0.3, -0.25) is 19.1 Å². The molecular formula is C47H50N8O6Si. The number of aryl methyl sites for hydroxylation is 1. The number of anilines is 3. The molecule has 9 rings (SSSR count). The summed E-state index contributed by atoms with van der Waals surface area (Å²) < 4.78 is 8.87. The van der Waals surface area contributed by atoms with Crippen LogP contribution in [-0.4, -0.2) is 75.1 Å². The van der Waals surface area contributed by atoms with E-state index in [2.05, 4.69) is 10.3 Å². The van der Waals surface area contributed by atoms with Crippen LogP contribution in [0.4, 0.5) is 17.1 Å². The van der Waals surface area contributed by atoms with Crippen molar-refractivity contribution in [3.8, 4) is 0 Å². The molecule has 14 nitrogen and oxygen atoms in total. The highest BCUT2D eigenvalue weighted by molar-refractivity contribution is 6.71. The van der Waals surface area contributed by atoms with Crippen molar-refractivity contribution in [1.29, 1.82) is 0 Å². The van der Waals surface area contributed by atoms with E-state index in [9.17, 15) is 19.5 Å². The quantitative estimate of drug-likeness (QED) is 0.138. The third-order valence-corrected chi connectivity index (χ3v) is 15.1. The standard InChI is InChI=1S/C47H50N8O6Si/c1-31-45(62(2,3)60)42(23-25-52-30-35(24-26-56)48-51-52)61-47(31)38-28-37(55-44(58)22-19-40(50-55)34-14-8-5-9-15-34)17-20-41(38)53(46(47)59)29-32-11-10-16-36(27-32)54-43(57)21-18-39(49-54)33-12-6-4-7-13-33/h4-17,20,27-28,30-31,42,45,56,60H,18-19,21-26,29H2,1-3H3/t31-,42+,45-,47+/m0/s1. The van der Waals surface area contributed by atoms with Crippen LogP contribution in [0.5, 0.6) is 0 Å². The Bertz CT molecular complexity index is 2580. The monoisotopic (exact) mass is 850 g/mol. The molecule has 1 saturated heterocycles. The molecule has 62 heavy (non-hydrogen) atoms. The second kappa shape index (κ2) is 16.6. The van der Waals surface area contributed by atoms with E-state index in [0.717, 1.165) is 28.1 Å². The maximum Gasteiger partial charge on any atom is 0.264 e. The molecule has 0 radical (unpaired) electrons. The minimum Gasteiger partial charge on any atom is -0.432 e. The number of benzene rings is 4. The summed E-state index contributed by atoms with van der Waals surface area (Å²) in [5.41, 5.74) is 5.46. The Hall–Kier alpha value is -6.13. The Morgan fingerprint density at radius 2 is 1.42 bits per heavy atom. The average Bonchev–Trinajstić information content (AvgIpc) is 3.93. The number of hydrogen-bond donors (Lipinski definition) is 2. The van der Waals surface area contributed by atoms with Gasteiger partial charge in [0.1, 0.15) is 0 Å². The number of hydrogen-bond acceptors (Lipinski definition) is 10. The molecule has 1 spiro atoms. The number of carbonyl (C=O) groups excluding carboxylic acids is 3. The van der Waals surface area contributed by atoms with Crippen LogP contribution in [-0.2, 0) is 44.2 Å². The molecule has 4 atom stereocenters. The van der Waals surface area contributed by atoms with E-state index in [-0.39, 0.29) is 42.8 Å². The van der Waals surface area contributed by atoms with Crippen LogP contribution < -0.4 is 14.9 Å². The zero-order chi connectivity index (χ0) is 43.2. The largest absolute Gasteiger partial charge is 0.432 e. The van der Waals surface area contributed by atoms with Crippen molar-refractivity contribution in [2.75, 3.05) is 21.5 Å². The van der Waals surface area contributed by atoms with Gasteiger partial charge >= 0.3 is 0 Å². The summed E-state index contributed by atoms with van der Waals surface area (Å²) in [5, 5.41) is 30.4. The van der Waals surface area contributed by atoms with Crippen molar-refractivity contribution in [3.05, 3.63) is 137 Å². The Kier molecular flexibility index (Phi) is 11.1. The lowest BCUT2D eigenvalue weighted by Gasteiger charge is -2.32. The Morgan fingerprint density at radius 3 is 2.03 bits per heavy atom. The summed E-state index contributed by atoms with van der Waals surface area (Å²) >= 11 is 0. The summed E-state index contributed by atoms with van der Waals surface area (Å²) in [6, 6.07) is 32.7. The Morgan fingerprint density at radius 1 is 0.790 bits per heavy atom. The fraction of sp³-hybridized carbons (Fsp3) is 0.340. The zero-order valence-electron chi connectivity index (χ0n) is 35.1. The molecule has 5 heterocycles. The lowest BCUT2D eigenvalue weighted by molar-refractivity contribution is -0.146. The number of hydrazone groups is 2. The maximum atomic E-state index is 15.5. The lowest BCUT2D eigenvalue weighted by Crippen LogP contribution is -2.46. The van der Waals surface area contributed by atoms with E-state index in [0.29, 0.717) is 67.0 Å². The Balaban J connectivity index is 1.10.